The molecule has 8 heteroatoms. The van der Waals surface area contributed by atoms with Gasteiger partial charge in [-0.2, -0.15) is 0 Å². The van der Waals surface area contributed by atoms with Crippen LogP contribution in [-0.2, 0) is 17.8 Å². The highest BCUT2D eigenvalue weighted by Crippen LogP contribution is 2.42. The molecule has 0 spiro atoms. The zero-order valence-electron chi connectivity index (χ0n) is 20.9. The molecule has 3 heterocycles. The lowest BCUT2D eigenvalue weighted by molar-refractivity contribution is 0.0774. The summed E-state index contributed by atoms with van der Waals surface area (Å²) in [6.45, 7) is 9.63. The standard InChI is InChI=1S/C28H31N3O5/c1-4-30-16-19(20-8-6-7-9-22(20)30)15-24-26(33)25-18(3)14-23(32)21(27(25)36-24)17-29-10-12-31(13-11-29)28(34)35-5-2/h6-9,14-16,32H,4-5,10-13,17H2,1-3H3/b24-15+. The fraction of sp³-hybridized carbons (Fsp3) is 0.357. The molecule has 1 fully saturated rings. The van der Waals surface area contributed by atoms with Gasteiger partial charge < -0.3 is 24.0 Å². The number of ether oxygens (including phenoxy) is 2. The monoisotopic (exact) mass is 489 g/mol. The third-order valence-corrected chi connectivity index (χ3v) is 6.95. The molecule has 0 unspecified atom stereocenters. The number of allylic oxidation sites excluding steroid dienone is 1. The maximum Gasteiger partial charge on any atom is 0.409 e. The van der Waals surface area contributed by atoms with Gasteiger partial charge in [0, 0.05) is 61.9 Å². The number of phenolic OH excluding ortho intramolecular Hbond substituents is 1. The fourth-order valence-electron chi connectivity index (χ4n) is 5.05. The van der Waals surface area contributed by atoms with E-state index in [1.54, 1.807) is 24.0 Å². The number of para-hydroxylation sites is 1. The molecule has 0 aliphatic carbocycles. The van der Waals surface area contributed by atoms with Crippen molar-refractivity contribution in [3.05, 3.63) is 64.5 Å². The van der Waals surface area contributed by atoms with Crippen molar-refractivity contribution in [2.75, 3.05) is 32.8 Å². The van der Waals surface area contributed by atoms with Crippen LogP contribution < -0.4 is 4.74 Å². The van der Waals surface area contributed by atoms with E-state index in [0.717, 1.165) is 23.0 Å². The fourth-order valence-corrected chi connectivity index (χ4v) is 5.05. The Bertz CT molecular complexity index is 1370. The number of rotatable bonds is 5. The summed E-state index contributed by atoms with van der Waals surface area (Å²) in [7, 11) is 0. The summed E-state index contributed by atoms with van der Waals surface area (Å²) in [5.74, 6) is 0.613. The number of carbonyl (C=O) groups is 2. The highest BCUT2D eigenvalue weighted by atomic mass is 16.6. The molecule has 1 aromatic heterocycles. The largest absolute Gasteiger partial charge is 0.507 e. The number of carbonyl (C=O) groups excluding carboxylic acids is 2. The molecule has 2 aromatic carbocycles. The second-order valence-electron chi connectivity index (χ2n) is 9.18. The van der Waals surface area contributed by atoms with Gasteiger partial charge in [0.05, 0.1) is 17.7 Å². The third-order valence-electron chi connectivity index (χ3n) is 6.95. The molecule has 1 saturated heterocycles. The lowest BCUT2D eigenvalue weighted by atomic mass is 9.99. The number of nitrogens with zero attached hydrogens (tertiary/aromatic N) is 3. The van der Waals surface area contributed by atoms with Gasteiger partial charge in [-0.1, -0.05) is 18.2 Å². The normalized spacial score (nSPS) is 17.0. The van der Waals surface area contributed by atoms with Crippen molar-refractivity contribution in [2.45, 2.75) is 33.9 Å². The second kappa shape index (κ2) is 9.70. The smallest absolute Gasteiger partial charge is 0.409 e. The van der Waals surface area contributed by atoms with Gasteiger partial charge in [0.1, 0.15) is 11.5 Å². The molecule has 8 nitrogen and oxygen atoms in total. The first kappa shape index (κ1) is 23.9. The average Bonchev–Trinajstić information content (AvgIpc) is 3.40. The SMILES string of the molecule is CCOC(=O)N1CCN(Cc2c(O)cc(C)c3c2O/C(=C/c2cn(CC)c4ccccc24)C3=O)CC1. The highest BCUT2D eigenvalue weighted by molar-refractivity contribution is 6.16. The zero-order valence-corrected chi connectivity index (χ0v) is 20.9. The van der Waals surface area contributed by atoms with Gasteiger partial charge in [-0.05, 0) is 44.5 Å². The van der Waals surface area contributed by atoms with E-state index in [4.69, 9.17) is 9.47 Å². The molecule has 188 valence electrons. The number of aryl methyl sites for hydroxylation is 2. The van der Waals surface area contributed by atoms with Gasteiger partial charge in [-0.3, -0.25) is 9.69 Å². The molecule has 0 atom stereocenters. The molecule has 3 aromatic rings. The summed E-state index contributed by atoms with van der Waals surface area (Å²) in [6.07, 6.45) is 3.53. The average molecular weight is 490 g/mol. The molecule has 0 bridgehead atoms. The number of aromatic nitrogens is 1. The van der Waals surface area contributed by atoms with E-state index in [1.807, 2.05) is 31.3 Å². The minimum absolute atomic E-state index is 0.107. The summed E-state index contributed by atoms with van der Waals surface area (Å²) in [5.41, 5.74) is 3.79. The summed E-state index contributed by atoms with van der Waals surface area (Å²) in [5, 5.41) is 11.9. The maximum atomic E-state index is 13.4. The Kier molecular flexibility index (Phi) is 6.45. The van der Waals surface area contributed by atoms with Gasteiger partial charge in [0.2, 0.25) is 5.78 Å². The van der Waals surface area contributed by atoms with Gasteiger partial charge in [-0.15, -0.1) is 0 Å². The highest BCUT2D eigenvalue weighted by Gasteiger charge is 2.34. The Morgan fingerprint density at radius 2 is 1.92 bits per heavy atom. The van der Waals surface area contributed by atoms with Crippen molar-refractivity contribution in [3.8, 4) is 11.5 Å². The first-order valence-corrected chi connectivity index (χ1v) is 12.4. The molecule has 1 amide bonds. The number of hydrogen-bond acceptors (Lipinski definition) is 6. The minimum atomic E-state index is -0.302. The zero-order chi connectivity index (χ0) is 25.4. The Morgan fingerprint density at radius 3 is 2.64 bits per heavy atom. The first-order chi connectivity index (χ1) is 17.4. The van der Waals surface area contributed by atoms with E-state index in [2.05, 4.69) is 22.5 Å². The predicted octanol–water partition coefficient (Wildman–Crippen LogP) is 4.57. The molecule has 1 N–H and O–H groups in total. The van der Waals surface area contributed by atoms with Crippen molar-refractivity contribution >= 4 is 28.9 Å². The molecular formula is C28H31N3O5. The lowest BCUT2D eigenvalue weighted by Crippen LogP contribution is -2.48. The predicted molar refractivity (Wildman–Crippen MR) is 137 cm³/mol. The number of benzene rings is 2. The number of Topliss-reactive ketones (excluding diaryl/α,β-unsaturated/α-hetero) is 1. The van der Waals surface area contributed by atoms with Gasteiger partial charge in [0.25, 0.3) is 0 Å². The van der Waals surface area contributed by atoms with E-state index in [9.17, 15) is 14.7 Å². The van der Waals surface area contributed by atoms with E-state index in [-0.39, 0.29) is 23.4 Å². The second-order valence-corrected chi connectivity index (χ2v) is 9.18. The molecule has 2 aliphatic rings. The van der Waals surface area contributed by atoms with E-state index in [1.165, 1.54) is 0 Å². The lowest BCUT2D eigenvalue weighted by Gasteiger charge is -2.34. The van der Waals surface area contributed by atoms with Crippen LogP contribution in [0.2, 0.25) is 0 Å². The van der Waals surface area contributed by atoms with Crippen LogP contribution in [0.3, 0.4) is 0 Å². The summed E-state index contributed by atoms with van der Waals surface area (Å²) >= 11 is 0. The molecule has 5 rings (SSSR count). The number of amides is 1. The van der Waals surface area contributed by atoms with Crippen molar-refractivity contribution in [1.82, 2.24) is 14.4 Å². The van der Waals surface area contributed by atoms with Crippen molar-refractivity contribution in [3.63, 3.8) is 0 Å². The first-order valence-electron chi connectivity index (χ1n) is 12.4. The summed E-state index contributed by atoms with van der Waals surface area (Å²) in [4.78, 5) is 29.3. The van der Waals surface area contributed by atoms with Crippen LogP contribution in [-0.4, -0.2) is 64.1 Å². The van der Waals surface area contributed by atoms with Crippen LogP contribution in [0.15, 0.2) is 42.3 Å². The number of piperazine rings is 1. The quantitative estimate of drug-likeness (QED) is 0.529. The van der Waals surface area contributed by atoms with E-state index < -0.39 is 0 Å². The van der Waals surface area contributed by atoms with Gasteiger partial charge in [0.15, 0.2) is 5.76 Å². The molecule has 36 heavy (non-hydrogen) atoms. The Hall–Kier alpha value is -3.78. The Balaban J connectivity index is 1.42. The molecule has 0 saturated carbocycles. The molecular weight excluding hydrogens is 458 g/mol. The van der Waals surface area contributed by atoms with E-state index in [0.29, 0.717) is 61.8 Å². The summed E-state index contributed by atoms with van der Waals surface area (Å²) < 4.78 is 13.4. The topological polar surface area (TPSA) is 84.2 Å². The third kappa shape index (κ3) is 4.22. The van der Waals surface area contributed by atoms with Crippen LogP contribution in [0.1, 0.15) is 40.9 Å². The minimum Gasteiger partial charge on any atom is -0.507 e. The Labute approximate surface area is 210 Å². The Morgan fingerprint density at radius 1 is 1.17 bits per heavy atom. The van der Waals surface area contributed by atoms with Crippen LogP contribution in [0.25, 0.3) is 17.0 Å². The van der Waals surface area contributed by atoms with Crippen LogP contribution in [0.5, 0.6) is 11.5 Å². The summed E-state index contributed by atoms with van der Waals surface area (Å²) in [6, 6.07) is 9.73. The van der Waals surface area contributed by atoms with Crippen molar-refractivity contribution in [1.29, 1.82) is 0 Å². The van der Waals surface area contributed by atoms with Crippen LogP contribution >= 0.6 is 0 Å². The van der Waals surface area contributed by atoms with Crippen molar-refractivity contribution < 1.29 is 24.2 Å². The van der Waals surface area contributed by atoms with Crippen molar-refractivity contribution in [2.24, 2.45) is 0 Å². The molecule has 2 aliphatic heterocycles. The van der Waals surface area contributed by atoms with Crippen LogP contribution in [0, 0.1) is 6.92 Å². The number of ketones is 1. The van der Waals surface area contributed by atoms with Gasteiger partial charge >= 0.3 is 6.09 Å². The van der Waals surface area contributed by atoms with E-state index >= 15 is 0 Å². The van der Waals surface area contributed by atoms with Crippen LogP contribution in [0.4, 0.5) is 4.79 Å². The molecule has 0 radical (unpaired) electrons. The maximum absolute atomic E-state index is 13.4. The number of phenols is 1. The number of hydrogen-bond donors (Lipinski definition) is 1. The van der Waals surface area contributed by atoms with Gasteiger partial charge in [-0.25, -0.2) is 4.79 Å². The number of aromatic hydroxyl groups is 1. The number of fused-ring (bicyclic) bond motifs is 2.